The van der Waals surface area contributed by atoms with Crippen molar-refractivity contribution in [3.63, 3.8) is 0 Å². The molecule has 0 aromatic heterocycles. The lowest BCUT2D eigenvalue weighted by atomic mass is 10.2. The van der Waals surface area contributed by atoms with Crippen LogP contribution in [-0.2, 0) is 0 Å². The molecule has 4 heteroatoms. The maximum Gasteiger partial charge on any atom is 0.172 e. The van der Waals surface area contributed by atoms with Gasteiger partial charge in [0.25, 0.3) is 0 Å². The van der Waals surface area contributed by atoms with Gasteiger partial charge in [-0.15, -0.1) is 0 Å². The molecule has 0 amide bonds. The Labute approximate surface area is 135 Å². The number of hydrogen-bond acceptors (Lipinski definition) is 4. The van der Waals surface area contributed by atoms with Crippen molar-refractivity contribution < 1.29 is 9.47 Å². The van der Waals surface area contributed by atoms with Crippen LogP contribution in [0.4, 0.5) is 11.4 Å². The quantitative estimate of drug-likeness (QED) is 0.683. The first-order valence-corrected chi connectivity index (χ1v) is 7.28. The fourth-order valence-electron chi connectivity index (χ4n) is 2.15. The molecule has 3 aromatic rings. The predicted octanol–water partition coefficient (Wildman–Crippen LogP) is 4.74. The van der Waals surface area contributed by atoms with Gasteiger partial charge in [0.15, 0.2) is 11.5 Å². The number of aryl methyl sites for hydroxylation is 1. The molecule has 3 aromatic carbocycles. The van der Waals surface area contributed by atoms with Crippen molar-refractivity contribution in [3.05, 3.63) is 72.3 Å². The zero-order valence-electron chi connectivity index (χ0n) is 12.8. The Morgan fingerprint density at radius 2 is 1.17 bits per heavy atom. The predicted molar refractivity (Wildman–Crippen MR) is 93.0 cm³/mol. The molecule has 23 heavy (non-hydrogen) atoms. The lowest BCUT2D eigenvalue weighted by Crippen LogP contribution is -1.93. The molecule has 3 rings (SSSR count). The van der Waals surface area contributed by atoms with Crippen LogP contribution >= 0.6 is 0 Å². The molecule has 0 saturated carbocycles. The van der Waals surface area contributed by atoms with Crippen LogP contribution in [0.2, 0.25) is 0 Å². The van der Waals surface area contributed by atoms with Crippen LogP contribution in [0.15, 0.2) is 66.7 Å². The second-order valence-corrected chi connectivity index (χ2v) is 5.24. The Balaban J connectivity index is 1.90. The third kappa shape index (κ3) is 3.55. The van der Waals surface area contributed by atoms with Gasteiger partial charge in [-0.05, 0) is 67.1 Å². The lowest BCUT2D eigenvalue weighted by Gasteiger charge is -2.14. The lowest BCUT2D eigenvalue weighted by molar-refractivity contribution is 0.416. The Kier molecular flexibility index (Phi) is 4.06. The molecular formula is C19H18N2O2. The van der Waals surface area contributed by atoms with Crippen LogP contribution in [-0.4, -0.2) is 0 Å². The van der Waals surface area contributed by atoms with Crippen LogP contribution in [0.3, 0.4) is 0 Å². The molecule has 0 aliphatic rings. The topological polar surface area (TPSA) is 70.5 Å². The minimum Gasteiger partial charge on any atom is -0.453 e. The smallest absolute Gasteiger partial charge is 0.172 e. The third-order valence-corrected chi connectivity index (χ3v) is 3.38. The van der Waals surface area contributed by atoms with Crippen molar-refractivity contribution >= 4 is 11.4 Å². The summed E-state index contributed by atoms with van der Waals surface area (Å²) in [5.41, 5.74) is 13.8. The number of rotatable bonds is 4. The fourth-order valence-corrected chi connectivity index (χ4v) is 2.15. The highest BCUT2D eigenvalue weighted by molar-refractivity contribution is 5.52. The zero-order valence-corrected chi connectivity index (χ0v) is 12.8. The van der Waals surface area contributed by atoms with Gasteiger partial charge in [-0.3, -0.25) is 0 Å². The summed E-state index contributed by atoms with van der Waals surface area (Å²) in [6.07, 6.45) is 0. The van der Waals surface area contributed by atoms with E-state index < -0.39 is 0 Å². The van der Waals surface area contributed by atoms with E-state index in [0.717, 1.165) is 5.56 Å². The summed E-state index contributed by atoms with van der Waals surface area (Å²) >= 11 is 0. The molecule has 0 atom stereocenters. The summed E-state index contributed by atoms with van der Waals surface area (Å²) in [5, 5.41) is 0. The van der Waals surface area contributed by atoms with E-state index in [1.54, 1.807) is 24.3 Å². The number of nitrogen functional groups attached to an aromatic ring is 2. The molecule has 0 heterocycles. The minimum absolute atomic E-state index is 0.645. The summed E-state index contributed by atoms with van der Waals surface area (Å²) < 4.78 is 11.9. The van der Waals surface area contributed by atoms with Crippen LogP contribution < -0.4 is 20.9 Å². The molecule has 0 unspecified atom stereocenters. The highest BCUT2D eigenvalue weighted by atomic mass is 16.5. The van der Waals surface area contributed by atoms with E-state index in [-0.39, 0.29) is 0 Å². The molecule has 116 valence electrons. The molecule has 0 fully saturated rings. The van der Waals surface area contributed by atoms with Gasteiger partial charge in [-0.1, -0.05) is 12.1 Å². The molecule has 4 nitrogen and oxygen atoms in total. The maximum atomic E-state index is 5.99. The monoisotopic (exact) mass is 306 g/mol. The number of anilines is 2. The van der Waals surface area contributed by atoms with Gasteiger partial charge in [0.05, 0.1) is 0 Å². The van der Waals surface area contributed by atoms with Crippen molar-refractivity contribution in [3.8, 4) is 23.0 Å². The first-order chi connectivity index (χ1) is 11.1. The van der Waals surface area contributed by atoms with E-state index in [2.05, 4.69) is 0 Å². The second-order valence-electron chi connectivity index (χ2n) is 5.24. The first-order valence-electron chi connectivity index (χ1n) is 7.28. The molecule has 0 radical (unpaired) electrons. The molecular weight excluding hydrogens is 288 g/mol. The zero-order chi connectivity index (χ0) is 16.2. The average Bonchev–Trinajstić information content (AvgIpc) is 2.55. The highest BCUT2D eigenvalue weighted by Crippen LogP contribution is 2.37. The molecule has 4 N–H and O–H groups in total. The van der Waals surface area contributed by atoms with E-state index in [9.17, 15) is 0 Å². The van der Waals surface area contributed by atoms with Crippen LogP contribution in [0.5, 0.6) is 23.0 Å². The van der Waals surface area contributed by atoms with E-state index >= 15 is 0 Å². The fraction of sp³-hybridized carbons (Fsp3) is 0.0526. The molecule has 0 aliphatic heterocycles. The second kappa shape index (κ2) is 6.32. The molecule has 0 aliphatic carbocycles. The number of para-hydroxylation sites is 1. The summed E-state index contributed by atoms with van der Waals surface area (Å²) in [7, 11) is 0. The number of benzene rings is 3. The Morgan fingerprint density at radius 1 is 0.652 bits per heavy atom. The standard InChI is InChI=1S/C19H18N2O2/c1-13-3-2-4-18(22-16-9-5-14(20)6-10-16)19(13)23-17-11-7-15(21)8-12-17/h2-12H,20-21H2,1H3. The highest BCUT2D eigenvalue weighted by Gasteiger charge is 2.10. The van der Waals surface area contributed by atoms with Gasteiger partial charge in [-0.2, -0.15) is 0 Å². The molecule has 0 spiro atoms. The van der Waals surface area contributed by atoms with Gasteiger partial charge in [0.2, 0.25) is 0 Å². The Bertz CT molecular complexity index is 797. The number of ether oxygens (including phenoxy) is 2. The van der Waals surface area contributed by atoms with Crippen LogP contribution in [0.25, 0.3) is 0 Å². The molecule has 0 bridgehead atoms. The van der Waals surface area contributed by atoms with Crippen LogP contribution in [0.1, 0.15) is 5.56 Å². The summed E-state index contributed by atoms with van der Waals surface area (Å²) in [4.78, 5) is 0. The van der Waals surface area contributed by atoms with Gasteiger partial charge in [0, 0.05) is 11.4 Å². The van der Waals surface area contributed by atoms with Gasteiger partial charge < -0.3 is 20.9 Å². The average molecular weight is 306 g/mol. The van der Waals surface area contributed by atoms with Crippen LogP contribution in [0, 0.1) is 6.92 Å². The summed E-state index contributed by atoms with van der Waals surface area (Å²) in [6, 6.07) is 20.3. The summed E-state index contributed by atoms with van der Waals surface area (Å²) in [5.74, 6) is 2.73. The van der Waals surface area contributed by atoms with Crippen molar-refractivity contribution in [2.24, 2.45) is 0 Å². The van der Waals surface area contributed by atoms with Crippen molar-refractivity contribution in [2.45, 2.75) is 6.92 Å². The SMILES string of the molecule is Cc1cccc(Oc2ccc(N)cc2)c1Oc1ccc(N)cc1. The van der Waals surface area contributed by atoms with E-state index in [1.165, 1.54) is 0 Å². The van der Waals surface area contributed by atoms with E-state index in [0.29, 0.717) is 34.4 Å². The number of nitrogens with two attached hydrogens (primary N) is 2. The van der Waals surface area contributed by atoms with Gasteiger partial charge in [0.1, 0.15) is 11.5 Å². The third-order valence-electron chi connectivity index (χ3n) is 3.38. The maximum absolute atomic E-state index is 5.99. The van der Waals surface area contributed by atoms with E-state index in [4.69, 9.17) is 20.9 Å². The van der Waals surface area contributed by atoms with Gasteiger partial charge >= 0.3 is 0 Å². The van der Waals surface area contributed by atoms with Crippen molar-refractivity contribution in [2.75, 3.05) is 11.5 Å². The van der Waals surface area contributed by atoms with Gasteiger partial charge in [-0.25, -0.2) is 0 Å². The van der Waals surface area contributed by atoms with E-state index in [1.807, 2.05) is 49.4 Å². The Hall–Kier alpha value is -3.14. The van der Waals surface area contributed by atoms with Crippen molar-refractivity contribution in [1.29, 1.82) is 0 Å². The summed E-state index contributed by atoms with van der Waals surface area (Å²) in [6.45, 7) is 1.97. The minimum atomic E-state index is 0.645. The first kappa shape index (κ1) is 14.8. The normalized spacial score (nSPS) is 10.3. The Morgan fingerprint density at radius 3 is 1.74 bits per heavy atom. The molecule has 0 saturated heterocycles. The number of hydrogen-bond donors (Lipinski definition) is 2. The largest absolute Gasteiger partial charge is 0.453 e. The van der Waals surface area contributed by atoms with Crippen molar-refractivity contribution in [1.82, 2.24) is 0 Å².